The highest BCUT2D eigenvalue weighted by Gasteiger charge is 2.38. The molecule has 0 radical (unpaired) electrons. The zero-order valence-corrected chi connectivity index (χ0v) is 19.8. The second-order valence-corrected chi connectivity index (χ2v) is 8.24. The monoisotopic (exact) mass is 448 g/mol. The Morgan fingerprint density at radius 1 is 0.727 bits per heavy atom. The van der Waals surface area contributed by atoms with Crippen molar-refractivity contribution in [3.63, 3.8) is 0 Å². The summed E-state index contributed by atoms with van der Waals surface area (Å²) in [7, 11) is 1.66. The SMILES string of the molecule is CCCCCCOC[C@H](O)COC(c1ccccc1)(c1ccccc1)c1ccc(OC)cc1. The number of hydrogen-bond acceptors (Lipinski definition) is 4. The van der Waals surface area contributed by atoms with Gasteiger partial charge < -0.3 is 19.3 Å². The third-order valence-corrected chi connectivity index (χ3v) is 5.80. The predicted octanol–water partition coefficient (Wildman–Crippen LogP) is 5.96. The maximum atomic E-state index is 10.7. The highest BCUT2D eigenvalue weighted by atomic mass is 16.5. The van der Waals surface area contributed by atoms with Crippen molar-refractivity contribution in [3.8, 4) is 5.75 Å². The average molecular weight is 449 g/mol. The zero-order valence-electron chi connectivity index (χ0n) is 19.8. The van der Waals surface area contributed by atoms with Gasteiger partial charge in [0.25, 0.3) is 0 Å². The molecule has 0 aliphatic carbocycles. The first-order chi connectivity index (χ1) is 16.2. The Labute approximate surface area is 198 Å². The maximum absolute atomic E-state index is 10.7. The number of rotatable bonds is 14. The zero-order chi connectivity index (χ0) is 23.4. The quantitative estimate of drug-likeness (QED) is 0.244. The van der Waals surface area contributed by atoms with Crippen LogP contribution in [0, 0.1) is 0 Å². The summed E-state index contributed by atoms with van der Waals surface area (Å²) >= 11 is 0. The van der Waals surface area contributed by atoms with Crippen molar-refractivity contribution in [2.24, 2.45) is 0 Å². The molecule has 4 nitrogen and oxygen atoms in total. The Hall–Kier alpha value is -2.66. The highest BCUT2D eigenvalue weighted by Crippen LogP contribution is 2.41. The molecule has 3 rings (SSSR count). The van der Waals surface area contributed by atoms with Crippen molar-refractivity contribution in [1.82, 2.24) is 0 Å². The van der Waals surface area contributed by atoms with Gasteiger partial charge in [0.2, 0.25) is 0 Å². The van der Waals surface area contributed by atoms with Crippen LogP contribution in [-0.4, -0.2) is 38.1 Å². The van der Waals surface area contributed by atoms with E-state index in [1.54, 1.807) is 7.11 Å². The van der Waals surface area contributed by atoms with Gasteiger partial charge in [-0.3, -0.25) is 0 Å². The Bertz CT molecular complexity index is 870. The summed E-state index contributed by atoms with van der Waals surface area (Å²) in [6, 6.07) is 28.2. The minimum absolute atomic E-state index is 0.144. The topological polar surface area (TPSA) is 47.9 Å². The largest absolute Gasteiger partial charge is 0.497 e. The highest BCUT2D eigenvalue weighted by molar-refractivity contribution is 5.48. The molecule has 0 amide bonds. The summed E-state index contributed by atoms with van der Waals surface area (Å²) in [5, 5.41) is 10.7. The van der Waals surface area contributed by atoms with Crippen LogP contribution in [0.2, 0.25) is 0 Å². The van der Waals surface area contributed by atoms with Crippen molar-refractivity contribution in [2.75, 3.05) is 26.9 Å². The van der Waals surface area contributed by atoms with E-state index >= 15 is 0 Å². The maximum Gasteiger partial charge on any atom is 0.143 e. The van der Waals surface area contributed by atoms with E-state index in [9.17, 15) is 5.11 Å². The molecule has 3 aromatic rings. The second-order valence-electron chi connectivity index (χ2n) is 8.24. The van der Waals surface area contributed by atoms with Gasteiger partial charge in [-0.1, -0.05) is 99.0 Å². The van der Waals surface area contributed by atoms with Gasteiger partial charge in [0.1, 0.15) is 17.5 Å². The van der Waals surface area contributed by atoms with Gasteiger partial charge in [0.05, 0.1) is 20.3 Å². The summed E-state index contributed by atoms with van der Waals surface area (Å²) in [5.74, 6) is 0.783. The molecule has 0 saturated heterocycles. The van der Waals surface area contributed by atoms with E-state index in [0.717, 1.165) is 35.3 Å². The summed E-state index contributed by atoms with van der Waals surface area (Å²) in [4.78, 5) is 0. The molecule has 0 unspecified atom stereocenters. The van der Waals surface area contributed by atoms with Crippen LogP contribution < -0.4 is 4.74 Å². The summed E-state index contributed by atoms with van der Waals surface area (Å²) < 4.78 is 17.7. The lowest BCUT2D eigenvalue weighted by atomic mass is 9.80. The summed E-state index contributed by atoms with van der Waals surface area (Å²) in [5.41, 5.74) is 2.08. The van der Waals surface area contributed by atoms with Gasteiger partial charge in [-0.15, -0.1) is 0 Å². The van der Waals surface area contributed by atoms with Crippen molar-refractivity contribution < 1.29 is 19.3 Å². The van der Waals surface area contributed by atoms with Crippen LogP contribution in [-0.2, 0) is 15.1 Å². The Balaban J connectivity index is 1.86. The molecule has 0 bridgehead atoms. The van der Waals surface area contributed by atoms with E-state index in [4.69, 9.17) is 14.2 Å². The molecule has 1 N–H and O–H groups in total. The average Bonchev–Trinajstić information content (AvgIpc) is 2.88. The lowest BCUT2D eigenvalue weighted by molar-refractivity contribution is -0.0641. The van der Waals surface area contributed by atoms with E-state index in [1.807, 2.05) is 60.7 Å². The molecular formula is C29H36O4. The van der Waals surface area contributed by atoms with E-state index in [2.05, 4.69) is 31.2 Å². The molecule has 176 valence electrons. The molecule has 0 aliphatic rings. The molecule has 0 saturated carbocycles. The van der Waals surface area contributed by atoms with E-state index in [1.165, 1.54) is 12.8 Å². The Kier molecular flexibility index (Phi) is 9.95. The minimum Gasteiger partial charge on any atom is -0.497 e. The molecule has 0 spiro atoms. The number of unbranched alkanes of at least 4 members (excludes halogenated alkanes) is 3. The molecule has 0 heterocycles. The second kappa shape index (κ2) is 13.1. The third-order valence-electron chi connectivity index (χ3n) is 5.80. The van der Waals surface area contributed by atoms with E-state index in [-0.39, 0.29) is 13.2 Å². The molecule has 0 fully saturated rings. The lowest BCUT2D eigenvalue weighted by Crippen LogP contribution is -2.36. The third kappa shape index (κ3) is 6.67. The van der Waals surface area contributed by atoms with Gasteiger partial charge in [0, 0.05) is 6.61 Å². The standard InChI is InChI=1S/C29H36O4/c1-3-4-5-12-21-32-22-27(30)23-33-29(24-13-8-6-9-14-24,25-15-10-7-11-16-25)26-17-19-28(31-2)20-18-26/h6-11,13-20,27,30H,3-5,12,21-23H2,1-2H3/t27-/m0/s1. The van der Waals surface area contributed by atoms with Crippen molar-refractivity contribution in [1.29, 1.82) is 0 Å². The van der Waals surface area contributed by atoms with Gasteiger partial charge in [-0.2, -0.15) is 0 Å². The van der Waals surface area contributed by atoms with Crippen LogP contribution in [0.4, 0.5) is 0 Å². The molecule has 0 aromatic heterocycles. The first-order valence-electron chi connectivity index (χ1n) is 11.9. The van der Waals surface area contributed by atoms with Gasteiger partial charge in [-0.25, -0.2) is 0 Å². The Morgan fingerprint density at radius 2 is 1.30 bits per heavy atom. The van der Waals surface area contributed by atoms with Crippen molar-refractivity contribution in [3.05, 3.63) is 102 Å². The molecular weight excluding hydrogens is 412 g/mol. The van der Waals surface area contributed by atoms with Gasteiger partial charge >= 0.3 is 0 Å². The first-order valence-corrected chi connectivity index (χ1v) is 11.9. The number of aliphatic hydroxyl groups is 1. The molecule has 33 heavy (non-hydrogen) atoms. The molecule has 3 aromatic carbocycles. The van der Waals surface area contributed by atoms with Crippen LogP contribution in [0.15, 0.2) is 84.9 Å². The fourth-order valence-corrected chi connectivity index (χ4v) is 4.04. The first kappa shape index (κ1) is 25.0. The molecule has 4 heteroatoms. The minimum atomic E-state index is -0.878. The predicted molar refractivity (Wildman–Crippen MR) is 133 cm³/mol. The van der Waals surface area contributed by atoms with Crippen molar-refractivity contribution in [2.45, 2.75) is 44.3 Å². The van der Waals surface area contributed by atoms with E-state index in [0.29, 0.717) is 6.61 Å². The normalized spacial score (nSPS) is 12.5. The van der Waals surface area contributed by atoms with Gasteiger partial charge in [-0.05, 0) is 35.2 Å². The van der Waals surface area contributed by atoms with Gasteiger partial charge in [0.15, 0.2) is 0 Å². The number of benzene rings is 3. The molecule has 0 aliphatic heterocycles. The van der Waals surface area contributed by atoms with Crippen LogP contribution in [0.25, 0.3) is 0 Å². The summed E-state index contributed by atoms with van der Waals surface area (Å²) in [6.45, 7) is 3.26. The Morgan fingerprint density at radius 3 is 1.85 bits per heavy atom. The lowest BCUT2D eigenvalue weighted by Gasteiger charge is -2.36. The van der Waals surface area contributed by atoms with E-state index < -0.39 is 11.7 Å². The number of ether oxygens (including phenoxy) is 3. The van der Waals surface area contributed by atoms with Crippen molar-refractivity contribution >= 4 is 0 Å². The smallest absolute Gasteiger partial charge is 0.143 e. The fourth-order valence-electron chi connectivity index (χ4n) is 4.04. The van der Waals surface area contributed by atoms with Crippen LogP contribution in [0.1, 0.15) is 49.3 Å². The van der Waals surface area contributed by atoms with Crippen LogP contribution >= 0.6 is 0 Å². The van der Waals surface area contributed by atoms with Crippen LogP contribution in [0.5, 0.6) is 5.75 Å². The van der Waals surface area contributed by atoms with Crippen LogP contribution in [0.3, 0.4) is 0 Å². The number of hydrogen-bond donors (Lipinski definition) is 1. The summed E-state index contributed by atoms with van der Waals surface area (Å²) in [6.07, 6.45) is 3.87. The fraction of sp³-hybridized carbons (Fsp3) is 0.379. The number of methoxy groups -OCH3 is 1. The number of aliphatic hydroxyl groups excluding tert-OH is 1. The molecule has 1 atom stereocenters.